The van der Waals surface area contributed by atoms with Crippen LogP contribution in [-0.2, 0) is 0 Å². The Hall–Kier alpha value is -2.40. The average molecular weight is 287 g/mol. The smallest absolute Gasteiger partial charge is 0.259 e. The fourth-order valence-electron chi connectivity index (χ4n) is 1.93. The van der Waals surface area contributed by atoms with E-state index in [2.05, 4.69) is 20.5 Å². The predicted octanol–water partition coefficient (Wildman–Crippen LogP) is 3.17. The van der Waals surface area contributed by atoms with Crippen LogP contribution in [0.25, 0.3) is 10.9 Å². The van der Waals surface area contributed by atoms with Crippen LogP contribution in [0.3, 0.4) is 0 Å². The maximum Gasteiger partial charge on any atom is 0.259 e. The maximum absolute atomic E-state index is 12.2. The van der Waals surface area contributed by atoms with Crippen LogP contribution < -0.4 is 5.32 Å². The van der Waals surface area contributed by atoms with Crippen molar-refractivity contribution in [1.82, 2.24) is 15.2 Å². The van der Waals surface area contributed by atoms with E-state index in [0.717, 1.165) is 16.6 Å². The van der Waals surface area contributed by atoms with Crippen LogP contribution in [0.1, 0.15) is 16.1 Å². The molecule has 3 rings (SSSR count). The number of carbonyl (C=O) groups is 1. The fraction of sp³-hybridized carbons (Fsp3) is 0.0714. The number of nitrogens with zero attached hydrogens (tertiary/aromatic N) is 2. The summed E-state index contributed by atoms with van der Waals surface area (Å²) >= 11 is 6.05. The number of rotatable bonds is 2. The van der Waals surface area contributed by atoms with Gasteiger partial charge in [-0.2, -0.15) is 5.10 Å². The zero-order valence-corrected chi connectivity index (χ0v) is 11.4. The van der Waals surface area contributed by atoms with Crippen LogP contribution in [-0.4, -0.2) is 21.1 Å². The van der Waals surface area contributed by atoms with Gasteiger partial charge >= 0.3 is 0 Å². The lowest BCUT2D eigenvalue weighted by atomic mass is 10.2. The van der Waals surface area contributed by atoms with E-state index in [1.165, 1.54) is 6.20 Å². The van der Waals surface area contributed by atoms with Crippen molar-refractivity contribution in [3.63, 3.8) is 0 Å². The number of para-hydroxylation sites is 1. The first-order valence-corrected chi connectivity index (χ1v) is 6.39. The van der Waals surface area contributed by atoms with Crippen LogP contribution >= 0.6 is 11.6 Å². The number of aromatic nitrogens is 3. The van der Waals surface area contributed by atoms with E-state index in [4.69, 9.17) is 11.6 Å². The Morgan fingerprint density at radius 1 is 1.35 bits per heavy atom. The van der Waals surface area contributed by atoms with E-state index in [1.807, 2.05) is 31.2 Å². The van der Waals surface area contributed by atoms with Crippen molar-refractivity contribution in [3.05, 3.63) is 52.8 Å². The Kier molecular flexibility index (Phi) is 3.12. The summed E-state index contributed by atoms with van der Waals surface area (Å²) in [5, 5.41) is 10.9. The molecule has 0 unspecified atom stereocenters. The highest BCUT2D eigenvalue weighted by molar-refractivity contribution is 6.34. The molecule has 2 N–H and O–H groups in total. The van der Waals surface area contributed by atoms with Crippen LogP contribution in [0.4, 0.5) is 5.82 Å². The first-order chi connectivity index (χ1) is 9.65. The summed E-state index contributed by atoms with van der Waals surface area (Å²) in [4.78, 5) is 16.3. The van der Waals surface area contributed by atoms with Crippen molar-refractivity contribution in [2.45, 2.75) is 6.92 Å². The van der Waals surface area contributed by atoms with Crippen molar-refractivity contribution in [2.75, 3.05) is 5.32 Å². The number of amides is 1. The van der Waals surface area contributed by atoms with Crippen molar-refractivity contribution >= 4 is 34.2 Å². The molecule has 0 fully saturated rings. The summed E-state index contributed by atoms with van der Waals surface area (Å²) < 4.78 is 0. The zero-order chi connectivity index (χ0) is 14.1. The number of halogens is 1. The van der Waals surface area contributed by atoms with Crippen molar-refractivity contribution in [3.8, 4) is 0 Å². The van der Waals surface area contributed by atoms with E-state index >= 15 is 0 Å². The van der Waals surface area contributed by atoms with Crippen molar-refractivity contribution in [2.24, 2.45) is 0 Å². The highest BCUT2D eigenvalue weighted by Gasteiger charge is 2.14. The van der Waals surface area contributed by atoms with E-state index in [9.17, 15) is 4.79 Å². The molecule has 0 saturated carbocycles. The van der Waals surface area contributed by atoms with Crippen molar-refractivity contribution < 1.29 is 4.79 Å². The molecular formula is C14H11ClN4O. The summed E-state index contributed by atoms with van der Waals surface area (Å²) in [5.74, 6) is 0.141. The van der Waals surface area contributed by atoms with Crippen LogP contribution in [0.5, 0.6) is 0 Å². The first kappa shape index (κ1) is 12.6. The molecule has 0 spiro atoms. The highest BCUT2D eigenvalue weighted by Crippen LogP contribution is 2.22. The number of H-pyrrole nitrogens is 1. The second-order valence-corrected chi connectivity index (χ2v) is 4.78. The SMILES string of the molecule is Cc1cc(Cl)c(C(=O)Nc2n[nH]c3ccccc23)cn1. The Labute approximate surface area is 120 Å². The molecule has 5 nitrogen and oxygen atoms in total. The second-order valence-electron chi connectivity index (χ2n) is 4.38. The van der Waals surface area contributed by atoms with Crippen LogP contribution in [0.2, 0.25) is 5.02 Å². The Morgan fingerprint density at radius 2 is 2.15 bits per heavy atom. The Morgan fingerprint density at radius 3 is 2.95 bits per heavy atom. The molecule has 0 radical (unpaired) electrons. The molecular weight excluding hydrogens is 276 g/mol. The molecule has 1 aromatic carbocycles. The number of carbonyl (C=O) groups excluding carboxylic acids is 1. The molecule has 2 heterocycles. The summed E-state index contributed by atoms with van der Waals surface area (Å²) in [5.41, 5.74) is 1.94. The first-order valence-electron chi connectivity index (χ1n) is 6.02. The quantitative estimate of drug-likeness (QED) is 0.760. The second kappa shape index (κ2) is 4.94. The molecule has 0 aliphatic carbocycles. The number of fused-ring (bicyclic) bond motifs is 1. The molecule has 2 aromatic heterocycles. The van der Waals surface area contributed by atoms with Gasteiger partial charge in [0.15, 0.2) is 5.82 Å². The minimum absolute atomic E-state index is 0.323. The van der Waals surface area contributed by atoms with Crippen molar-refractivity contribution in [1.29, 1.82) is 0 Å². The summed E-state index contributed by atoms with van der Waals surface area (Å²) in [6.45, 7) is 1.81. The predicted molar refractivity (Wildman–Crippen MR) is 78.0 cm³/mol. The molecule has 0 aliphatic rings. The van der Waals surface area contributed by atoms with Gasteiger partial charge in [0, 0.05) is 17.3 Å². The van der Waals surface area contributed by atoms with Gasteiger partial charge in [0.1, 0.15) is 0 Å². The minimum atomic E-state index is -0.334. The Balaban J connectivity index is 1.92. The average Bonchev–Trinajstić information content (AvgIpc) is 2.82. The van der Waals surface area contributed by atoms with Crippen LogP contribution in [0.15, 0.2) is 36.5 Å². The van der Waals surface area contributed by atoms with Gasteiger partial charge in [-0.1, -0.05) is 23.7 Å². The van der Waals surface area contributed by atoms with Gasteiger partial charge in [0.05, 0.1) is 16.1 Å². The normalized spacial score (nSPS) is 10.7. The minimum Gasteiger partial charge on any atom is -0.304 e. The zero-order valence-electron chi connectivity index (χ0n) is 10.6. The molecule has 3 aromatic rings. The number of benzene rings is 1. The highest BCUT2D eigenvalue weighted by atomic mass is 35.5. The molecule has 0 bridgehead atoms. The van der Waals surface area contributed by atoms with E-state index in [-0.39, 0.29) is 5.91 Å². The van der Waals surface area contributed by atoms with Gasteiger partial charge in [0.2, 0.25) is 0 Å². The molecule has 1 amide bonds. The van der Waals surface area contributed by atoms with Gasteiger partial charge < -0.3 is 5.32 Å². The molecule has 0 saturated heterocycles. The number of hydrogen-bond donors (Lipinski definition) is 2. The van der Waals surface area contributed by atoms with E-state index in [1.54, 1.807) is 6.07 Å². The standard InChI is InChI=1S/C14H11ClN4O/c1-8-6-11(15)10(7-16-8)14(20)17-13-9-4-2-3-5-12(9)18-19-13/h2-7H,1H3,(H2,17,18,19,20). The number of aromatic amines is 1. The van der Waals surface area contributed by atoms with Gasteiger partial charge in [-0.3, -0.25) is 14.9 Å². The largest absolute Gasteiger partial charge is 0.304 e. The lowest BCUT2D eigenvalue weighted by Crippen LogP contribution is -2.13. The summed E-state index contributed by atoms with van der Waals surface area (Å²) in [6, 6.07) is 9.20. The molecule has 100 valence electrons. The third kappa shape index (κ3) is 2.23. The monoisotopic (exact) mass is 286 g/mol. The van der Waals surface area contributed by atoms with Gasteiger partial charge in [-0.15, -0.1) is 0 Å². The third-order valence-corrected chi connectivity index (χ3v) is 3.25. The maximum atomic E-state index is 12.2. The third-order valence-electron chi connectivity index (χ3n) is 2.94. The number of anilines is 1. The number of hydrogen-bond acceptors (Lipinski definition) is 3. The number of nitrogens with one attached hydrogen (secondary N) is 2. The van der Waals surface area contributed by atoms with E-state index in [0.29, 0.717) is 16.4 Å². The van der Waals surface area contributed by atoms with Gasteiger partial charge in [0.25, 0.3) is 5.91 Å². The van der Waals surface area contributed by atoms with Gasteiger partial charge in [-0.25, -0.2) is 0 Å². The molecule has 6 heteroatoms. The number of aryl methyl sites for hydroxylation is 1. The summed E-state index contributed by atoms with van der Waals surface area (Å²) in [7, 11) is 0. The van der Waals surface area contributed by atoms with Gasteiger partial charge in [-0.05, 0) is 25.1 Å². The molecule has 20 heavy (non-hydrogen) atoms. The summed E-state index contributed by atoms with van der Waals surface area (Å²) in [6.07, 6.45) is 1.46. The Bertz CT molecular complexity index is 797. The van der Waals surface area contributed by atoms with Crippen LogP contribution in [0, 0.1) is 6.92 Å². The topological polar surface area (TPSA) is 70.7 Å². The lowest BCUT2D eigenvalue weighted by Gasteiger charge is -2.05. The lowest BCUT2D eigenvalue weighted by molar-refractivity contribution is 0.102. The molecule has 0 aliphatic heterocycles. The molecule has 0 atom stereocenters. The van der Waals surface area contributed by atoms with E-state index < -0.39 is 0 Å². The number of pyridine rings is 1. The fourth-order valence-corrected chi connectivity index (χ4v) is 2.22.